The summed E-state index contributed by atoms with van der Waals surface area (Å²) in [6.45, 7) is 1.97. The fourth-order valence-corrected chi connectivity index (χ4v) is 2.54. The zero-order valence-electron chi connectivity index (χ0n) is 13.1. The maximum absolute atomic E-state index is 9.10. The SMILES string of the molecule is CC1(c2ccccc2)OC(N)=Nc2ccc(Cl)cc21.O=C(O)C(=O)O. The third-order valence-electron chi connectivity index (χ3n) is 3.52. The highest BCUT2D eigenvalue weighted by Gasteiger charge is 2.37. The number of ether oxygens (including phenoxy) is 1. The van der Waals surface area contributed by atoms with Gasteiger partial charge in [-0.25, -0.2) is 9.59 Å². The van der Waals surface area contributed by atoms with Gasteiger partial charge in [0.15, 0.2) is 5.60 Å². The van der Waals surface area contributed by atoms with Crippen LogP contribution in [0.4, 0.5) is 5.69 Å². The summed E-state index contributed by atoms with van der Waals surface area (Å²) < 4.78 is 5.81. The van der Waals surface area contributed by atoms with Crippen molar-refractivity contribution >= 4 is 35.2 Å². The summed E-state index contributed by atoms with van der Waals surface area (Å²) in [5.41, 5.74) is 7.84. The standard InChI is InChI=1S/C15H13ClN2O.C2H2O4/c1-15(10-5-3-2-4-6-10)12-9-11(16)7-8-13(12)18-14(17)19-15;3-1(4)2(5)6/h2-9H,1H3,(H2,17,18);(H,3,4)(H,5,6). The maximum Gasteiger partial charge on any atom is 0.414 e. The van der Waals surface area contributed by atoms with Crippen molar-refractivity contribution in [3.63, 3.8) is 0 Å². The number of carboxylic acid groups (broad SMARTS) is 2. The smallest absolute Gasteiger partial charge is 0.414 e. The van der Waals surface area contributed by atoms with Crippen LogP contribution in [0.5, 0.6) is 0 Å². The Morgan fingerprint density at radius 2 is 1.72 bits per heavy atom. The van der Waals surface area contributed by atoms with Gasteiger partial charge in [-0.15, -0.1) is 0 Å². The first-order valence-corrected chi connectivity index (χ1v) is 7.47. The molecule has 7 nitrogen and oxygen atoms in total. The van der Waals surface area contributed by atoms with Crippen molar-refractivity contribution < 1.29 is 24.5 Å². The molecule has 0 radical (unpaired) electrons. The molecule has 1 unspecified atom stereocenters. The first-order valence-electron chi connectivity index (χ1n) is 7.09. The molecule has 3 rings (SSSR count). The van der Waals surface area contributed by atoms with Gasteiger partial charge in [0.2, 0.25) is 0 Å². The average Bonchev–Trinajstić information content (AvgIpc) is 2.57. The summed E-state index contributed by atoms with van der Waals surface area (Å²) in [6.07, 6.45) is 0. The molecule has 0 fully saturated rings. The fourth-order valence-electron chi connectivity index (χ4n) is 2.36. The molecule has 0 bridgehead atoms. The second-order valence-corrected chi connectivity index (χ2v) is 5.66. The lowest BCUT2D eigenvalue weighted by atomic mass is 9.86. The minimum absolute atomic E-state index is 0.168. The number of fused-ring (bicyclic) bond motifs is 1. The number of aliphatic carboxylic acids is 2. The Balaban J connectivity index is 0.000000326. The van der Waals surface area contributed by atoms with Crippen molar-refractivity contribution in [2.45, 2.75) is 12.5 Å². The van der Waals surface area contributed by atoms with Crippen LogP contribution >= 0.6 is 11.6 Å². The first kappa shape index (κ1) is 18.3. The molecule has 1 aliphatic rings. The highest BCUT2D eigenvalue weighted by atomic mass is 35.5. The van der Waals surface area contributed by atoms with Gasteiger partial charge in [-0.1, -0.05) is 41.9 Å². The summed E-state index contributed by atoms with van der Waals surface area (Å²) >= 11 is 6.09. The number of halogens is 1. The Morgan fingerprint density at radius 1 is 1.12 bits per heavy atom. The van der Waals surface area contributed by atoms with Gasteiger partial charge in [0.25, 0.3) is 6.02 Å². The van der Waals surface area contributed by atoms with Gasteiger partial charge in [0, 0.05) is 10.6 Å². The Hall–Kier alpha value is -3.06. The van der Waals surface area contributed by atoms with Crippen LogP contribution in [0.3, 0.4) is 0 Å². The van der Waals surface area contributed by atoms with E-state index < -0.39 is 17.5 Å². The van der Waals surface area contributed by atoms with E-state index in [1.807, 2.05) is 49.4 Å². The Labute approximate surface area is 148 Å². The second kappa shape index (κ2) is 7.23. The molecule has 0 spiro atoms. The number of aliphatic imine (C=N–C) groups is 1. The molecule has 25 heavy (non-hydrogen) atoms. The van der Waals surface area contributed by atoms with Gasteiger partial charge in [0.05, 0.1) is 5.69 Å². The number of hydrogen-bond acceptors (Lipinski definition) is 5. The summed E-state index contributed by atoms with van der Waals surface area (Å²) in [7, 11) is 0. The molecule has 1 atom stereocenters. The molecule has 0 saturated carbocycles. The van der Waals surface area contributed by atoms with E-state index in [1.165, 1.54) is 0 Å². The van der Waals surface area contributed by atoms with Gasteiger partial charge >= 0.3 is 11.9 Å². The number of benzene rings is 2. The summed E-state index contributed by atoms with van der Waals surface area (Å²) in [5, 5.41) is 15.4. The summed E-state index contributed by atoms with van der Waals surface area (Å²) in [5.74, 6) is -3.65. The number of nitrogens with zero attached hydrogens (tertiary/aromatic N) is 1. The number of hydrogen-bond donors (Lipinski definition) is 3. The molecule has 1 aliphatic heterocycles. The zero-order valence-corrected chi connectivity index (χ0v) is 13.9. The summed E-state index contributed by atoms with van der Waals surface area (Å²) in [4.78, 5) is 22.4. The Morgan fingerprint density at radius 3 is 2.28 bits per heavy atom. The highest BCUT2D eigenvalue weighted by molar-refractivity contribution is 6.30. The highest BCUT2D eigenvalue weighted by Crippen LogP contribution is 2.42. The molecule has 2 aromatic carbocycles. The Bertz CT molecular complexity index is 826. The van der Waals surface area contributed by atoms with E-state index >= 15 is 0 Å². The molecule has 4 N–H and O–H groups in total. The van der Waals surface area contributed by atoms with Crippen LogP contribution in [0.2, 0.25) is 5.02 Å². The number of carboxylic acids is 2. The number of carbonyl (C=O) groups is 2. The minimum Gasteiger partial charge on any atom is -0.473 e. The van der Waals surface area contributed by atoms with Crippen molar-refractivity contribution in [2.24, 2.45) is 10.7 Å². The van der Waals surface area contributed by atoms with Crippen molar-refractivity contribution in [3.8, 4) is 0 Å². The van der Waals surface area contributed by atoms with Gasteiger partial charge in [-0.05, 0) is 30.7 Å². The monoisotopic (exact) mass is 362 g/mol. The predicted molar refractivity (Wildman–Crippen MR) is 92.0 cm³/mol. The van der Waals surface area contributed by atoms with Crippen LogP contribution in [0.15, 0.2) is 53.5 Å². The maximum atomic E-state index is 9.10. The molecule has 0 saturated heterocycles. The van der Waals surface area contributed by atoms with Crippen LogP contribution in [-0.2, 0) is 19.9 Å². The average molecular weight is 363 g/mol. The largest absolute Gasteiger partial charge is 0.473 e. The second-order valence-electron chi connectivity index (χ2n) is 5.22. The third kappa shape index (κ3) is 4.07. The molecule has 8 heteroatoms. The van der Waals surface area contributed by atoms with Gasteiger partial charge < -0.3 is 20.7 Å². The quantitative estimate of drug-likeness (QED) is 0.670. The molecular weight excluding hydrogens is 348 g/mol. The van der Waals surface area contributed by atoms with Crippen LogP contribution in [-0.4, -0.2) is 28.2 Å². The van der Waals surface area contributed by atoms with Gasteiger partial charge in [-0.2, -0.15) is 4.99 Å². The van der Waals surface area contributed by atoms with E-state index in [2.05, 4.69) is 4.99 Å². The molecule has 130 valence electrons. The molecule has 1 heterocycles. The lowest BCUT2D eigenvalue weighted by Gasteiger charge is -2.34. The molecule has 0 amide bonds. The predicted octanol–water partition coefficient (Wildman–Crippen LogP) is 2.74. The normalized spacial score (nSPS) is 17.9. The molecule has 2 aromatic rings. The number of amidine groups is 1. The van der Waals surface area contributed by atoms with Gasteiger partial charge in [-0.3, -0.25) is 0 Å². The van der Waals surface area contributed by atoms with E-state index in [0.717, 1.165) is 16.8 Å². The van der Waals surface area contributed by atoms with E-state index in [-0.39, 0.29) is 6.02 Å². The van der Waals surface area contributed by atoms with Crippen LogP contribution in [0.1, 0.15) is 18.1 Å². The van der Waals surface area contributed by atoms with Gasteiger partial charge in [0.1, 0.15) is 0 Å². The van der Waals surface area contributed by atoms with Crippen LogP contribution < -0.4 is 5.73 Å². The number of rotatable bonds is 1. The first-order chi connectivity index (χ1) is 11.7. The van der Waals surface area contributed by atoms with E-state index in [4.69, 9.17) is 41.9 Å². The fraction of sp³-hybridized carbons (Fsp3) is 0.118. The topological polar surface area (TPSA) is 122 Å². The lowest BCUT2D eigenvalue weighted by Crippen LogP contribution is -2.36. The van der Waals surface area contributed by atoms with Crippen molar-refractivity contribution in [3.05, 3.63) is 64.7 Å². The molecule has 0 aromatic heterocycles. The van der Waals surface area contributed by atoms with Crippen LogP contribution in [0, 0.1) is 0 Å². The van der Waals surface area contributed by atoms with E-state index in [1.54, 1.807) is 6.07 Å². The zero-order chi connectivity index (χ0) is 18.6. The number of nitrogens with two attached hydrogens (primary N) is 1. The van der Waals surface area contributed by atoms with Crippen molar-refractivity contribution in [1.82, 2.24) is 0 Å². The van der Waals surface area contributed by atoms with Crippen molar-refractivity contribution in [2.75, 3.05) is 0 Å². The molecular formula is C17H15ClN2O5. The van der Waals surface area contributed by atoms with Crippen molar-refractivity contribution in [1.29, 1.82) is 0 Å². The van der Waals surface area contributed by atoms with E-state index in [9.17, 15) is 0 Å². The Kier molecular flexibility index (Phi) is 5.29. The lowest BCUT2D eigenvalue weighted by molar-refractivity contribution is -0.159. The minimum atomic E-state index is -1.82. The third-order valence-corrected chi connectivity index (χ3v) is 3.75. The summed E-state index contributed by atoms with van der Waals surface area (Å²) in [6, 6.07) is 15.6. The van der Waals surface area contributed by atoms with E-state index in [0.29, 0.717) is 5.02 Å². The molecule has 0 aliphatic carbocycles. The van der Waals surface area contributed by atoms with Crippen LogP contribution in [0.25, 0.3) is 0 Å².